The number of hydrogen-bond acceptors (Lipinski definition) is 4. The highest BCUT2D eigenvalue weighted by Crippen LogP contribution is 2.13. The first kappa shape index (κ1) is 10.4. The fourth-order valence-corrected chi connectivity index (χ4v) is 1.29. The van der Waals surface area contributed by atoms with Gasteiger partial charge in [-0.05, 0) is 12.1 Å². The van der Waals surface area contributed by atoms with Crippen LogP contribution in [0.25, 0.3) is 0 Å². The summed E-state index contributed by atoms with van der Waals surface area (Å²) in [5.74, 6) is -0.0590. The van der Waals surface area contributed by atoms with Crippen molar-refractivity contribution in [1.82, 2.24) is 15.2 Å². The first-order valence-electron chi connectivity index (χ1n) is 4.38. The number of amides is 1. The van der Waals surface area contributed by atoms with Crippen LogP contribution in [0.1, 0.15) is 10.5 Å². The number of rotatable bonds is 2. The van der Waals surface area contributed by atoms with E-state index in [1.54, 1.807) is 6.07 Å². The molecule has 0 saturated heterocycles. The summed E-state index contributed by atoms with van der Waals surface area (Å²) in [5, 5.41) is 9.17. The van der Waals surface area contributed by atoms with Crippen LogP contribution in [0.3, 0.4) is 0 Å². The van der Waals surface area contributed by atoms with E-state index in [0.717, 1.165) is 0 Å². The molecule has 6 nitrogen and oxygen atoms in total. The van der Waals surface area contributed by atoms with Crippen molar-refractivity contribution >= 4 is 29.0 Å². The second-order valence-electron chi connectivity index (χ2n) is 3.01. The number of aromatic amines is 1. The Balaban J connectivity index is 2.17. The molecule has 1 amide bonds. The van der Waals surface area contributed by atoms with Gasteiger partial charge in [-0.15, -0.1) is 0 Å². The zero-order valence-electron chi connectivity index (χ0n) is 8.07. The summed E-state index contributed by atoms with van der Waals surface area (Å²) in [4.78, 5) is 15.6. The van der Waals surface area contributed by atoms with Crippen molar-refractivity contribution in [2.75, 3.05) is 11.1 Å². The van der Waals surface area contributed by atoms with Gasteiger partial charge in [0.1, 0.15) is 11.5 Å². The van der Waals surface area contributed by atoms with Gasteiger partial charge < -0.3 is 11.1 Å². The van der Waals surface area contributed by atoms with Gasteiger partial charge in [-0.25, -0.2) is 4.98 Å². The number of nitrogens with zero attached hydrogens (tertiary/aromatic N) is 2. The summed E-state index contributed by atoms with van der Waals surface area (Å²) in [6.07, 6.45) is 2.86. The van der Waals surface area contributed by atoms with Crippen LogP contribution in [0.4, 0.5) is 11.5 Å². The molecule has 7 heteroatoms. The van der Waals surface area contributed by atoms with Crippen LogP contribution in [0.2, 0.25) is 5.02 Å². The van der Waals surface area contributed by atoms with E-state index in [9.17, 15) is 4.79 Å². The Bertz CT molecular complexity index is 524. The van der Waals surface area contributed by atoms with Crippen LogP contribution in [0.15, 0.2) is 24.5 Å². The zero-order chi connectivity index (χ0) is 11.5. The van der Waals surface area contributed by atoms with Crippen molar-refractivity contribution in [1.29, 1.82) is 0 Å². The second kappa shape index (κ2) is 4.19. The monoisotopic (exact) mass is 237 g/mol. The fourth-order valence-electron chi connectivity index (χ4n) is 1.13. The van der Waals surface area contributed by atoms with Gasteiger partial charge in [0.05, 0.1) is 11.9 Å². The minimum atomic E-state index is -0.412. The molecule has 0 aliphatic rings. The number of nitrogens with two attached hydrogens (primary N) is 1. The van der Waals surface area contributed by atoms with E-state index in [2.05, 4.69) is 20.5 Å². The minimum absolute atomic E-state index is 0.196. The molecule has 2 rings (SSSR count). The average molecular weight is 238 g/mol. The molecule has 2 aromatic heterocycles. The van der Waals surface area contributed by atoms with Crippen molar-refractivity contribution in [2.45, 2.75) is 0 Å². The maximum atomic E-state index is 11.7. The van der Waals surface area contributed by atoms with Crippen LogP contribution in [-0.4, -0.2) is 21.1 Å². The van der Waals surface area contributed by atoms with Gasteiger partial charge in [-0.2, -0.15) is 5.10 Å². The van der Waals surface area contributed by atoms with Crippen LogP contribution >= 0.6 is 11.6 Å². The van der Waals surface area contributed by atoms with E-state index in [0.29, 0.717) is 10.8 Å². The summed E-state index contributed by atoms with van der Waals surface area (Å²) in [7, 11) is 0. The number of hydrogen-bond donors (Lipinski definition) is 3. The Morgan fingerprint density at radius 3 is 3.00 bits per heavy atom. The maximum absolute atomic E-state index is 11.7. The number of pyridine rings is 1. The van der Waals surface area contributed by atoms with E-state index in [1.165, 1.54) is 18.5 Å². The Morgan fingerprint density at radius 2 is 2.38 bits per heavy atom. The molecule has 2 aromatic rings. The van der Waals surface area contributed by atoms with Gasteiger partial charge in [0, 0.05) is 11.2 Å². The number of halogens is 1. The number of nitrogen functional groups attached to an aromatic ring is 1. The van der Waals surface area contributed by atoms with Gasteiger partial charge in [0.15, 0.2) is 0 Å². The summed E-state index contributed by atoms with van der Waals surface area (Å²) in [6, 6.07) is 3.15. The lowest BCUT2D eigenvalue weighted by atomic mass is 10.3. The number of aromatic nitrogens is 3. The van der Waals surface area contributed by atoms with E-state index >= 15 is 0 Å². The van der Waals surface area contributed by atoms with E-state index < -0.39 is 5.91 Å². The third-order valence-corrected chi connectivity index (χ3v) is 2.09. The zero-order valence-corrected chi connectivity index (χ0v) is 8.82. The number of carbonyl (C=O) groups excluding carboxylic acids is 1. The fraction of sp³-hybridized carbons (Fsp3) is 0. The van der Waals surface area contributed by atoms with Crippen LogP contribution < -0.4 is 11.1 Å². The summed E-state index contributed by atoms with van der Waals surface area (Å²) in [6.45, 7) is 0. The molecule has 0 radical (unpaired) electrons. The molecule has 4 N–H and O–H groups in total. The molecule has 0 saturated carbocycles. The lowest BCUT2D eigenvalue weighted by Crippen LogP contribution is -2.14. The van der Waals surface area contributed by atoms with Gasteiger partial charge in [0.25, 0.3) is 5.91 Å². The predicted octanol–water partition coefficient (Wildman–Crippen LogP) is 1.29. The number of carbonyl (C=O) groups is 1. The highest BCUT2D eigenvalue weighted by molar-refractivity contribution is 6.30. The topological polar surface area (TPSA) is 96.7 Å². The number of anilines is 2. The van der Waals surface area contributed by atoms with Crippen LogP contribution in [-0.2, 0) is 0 Å². The standard InChI is InChI=1S/C9H8ClN5O/c10-5-1-2-12-7(3-5)14-9(16)8-6(11)4-13-15-8/h1-4H,11H2,(H,13,15)(H,12,14,16). The molecule has 2 heterocycles. The van der Waals surface area contributed by atoms with Crippen LogP contribution in [0, 0.1) is 0 Å². The molecule has 0 spiro atoms. The lowest BCUT2D eigenvalue weighted by molar-refractivity contribution is 0.102. The third-order valence-electron chi connectivity index (χ3n) is 1.86. The van der Waals surface area contributed by atoms with Gasteiger partial charge in [0.2, 0.25) is 0 Å². The maximum Gasteiger partial charge on any atom is 0.276 e. The predicted molar refractivity (Wildman–Crippen MR) is 60.2 cm³/mol. The van der Waals surface area contributed by atoms with Crippen molar-refractivity contribution in [2.24, 2.45) is 0 Å². The SMILES string of the molecule is Nc1cn[nH]c1C(=O)Nc1cc(Cl)ccn1. The van der Waals surface area contributed by atoms with E-state index in [-0.39, 0.29) is 11.4 Å². The highest BCUT2D eigenvalue weighted by Gasteiger charge is 2.12. The Hall–Kier alpha value is -2.08. The molecule has 0 aromatic carbocycles. The molecule has 0 bridgehead atoms. The third kappa shape index (κ3) is 2.12. The smallest absolute Gasteiger partial charge is 0.276 e. The Labute approximate surface area is 95.8 Å². The second-order valence-corrected chi connectivity index (χ2v) is 3.45. The quantitative estimate of drug-likeness (QED) is 0.733. The molecule has 0 aliphatic heterocycles. The highest BCUT2D eigenvalue weighted by atomic mass is 35.5. The van der Waals surface area contributed by atoms with Gasteiger partial charge >= 0.3 is 0 Å². The molecular formula is C9H8ClN5O. The molecule has 0 fully saturated rings. The summed E-state index contributed by atoms with van der Waals surface area (Å²) in [5.41, 5.74) is 6.00. The molecule has 0 aliphatic carbocycles. The van der Waals surface area contributed by atoms with Gasteiger partial charge in [-0.1, -0.05) is 11.6 Å². The summed E-state index contributed by atoms with van der Waals surface area (Å²) < 4.78 is 0. The normalized spacial score (nSPS) is 10.1. The minimum Gasteiger partial charge on any atom is -0.396 e. The molecule has 16 heavy (non-hydrogen) atoms. The van der Waals surface area contributed by atoms with Crippen molar-refractivity contribution in [3.05, 3.63) is 35.2 Å². The summed E-state index contributed by atoms with van der Waals surface area (Å²) >= 11 is 5.75. The first-order chi connectivity index (χ1) is 7.66. The van der Waals surface area contributed by atoms with Crippen molar-refractivity contribution in [3.63, 3.8) is 0 Å². The Morgan fingerprint density at radius 1 is 1.56 bits per heavy atom. The number of nitrogens with one attached hydrogen (secondary N) is 2. The van der Waals surface area contributed by atoms with Gasteiger partial charge in [-0.3, -0.25) is 9.89 Å². The van der Waals surface area contributed by atoms with E-state index in [4.69, 9.17) is 17.3 Å². The Kier molecular flexibility index (Phi) is 2.74. The molecule has 0 atom stereocenters. The lowest BCUT2D eigenvalue weighted by Gasteiger charge is -2.03. The largest absolute Gasteiger partial charge is 0.396 e. The van der Waals surface area contributed by atoms with Crippen molar-refractivity contribution in [3.8, 4) is 0 Å². The molecular weight excluding hydrogens is 230 g/mol. The van der Waals surface area contributed by atoms with Crippen LogP contribution in [0.5, 0.6) is 0 Å². The number of H-pyrrole nitrogens is 1. The first-order valence-corrected chi connectivity index (χ1v) is 4.76. The van der Waals surface area contributed by atoms with E-state index in [1.807, 2.05) is 0 Å². The molecule has 82 valence electrons. The van der Waals surface area contributed by atoms with Crippen molar-refractivity contribution < 1.29 is 4.79 Å². The average Bonchev–Trinajstić information content (AvgIpc) is 2.64. The molecule has 0 unspecified atom stereocenters.